The molecule has 9 heteroatoms. The van der Waals surface area contributed by atoms with Gasteiger partial charge in [0.1, 0.15) is 24.5 Å². The molecule has 0 aliphatic carbocycles. The fourth-order valence-corrected chi connectivity index (χ4v) is 4.01. The number of esters is 1. The predicted molar refractivity (Wildman–Crippen MR) is 117 cm³/mol. The number of nitrogens with one attached hydrogen (secondary N) is 1. The summed E-state index contributed by atoms with van der Waals surface area (Å²) in [5, 5.41) is 0. The maximum Gasteiger partial charge on any atom is 0.331 e. The summed E-state index contributed by atoms with van der Waals surface area (Å²) in [4.78, 5) is 23.6. The number of carbonyl (C=O) groups is 2. The smallest absolute Gasteiger partial charge is 0.331 e. The molecule has 0 unspecified atom stereocenters. The Morgan fingerprint density at radius 2 is 1.87 bits per heavy atom. The van der Waals surface area contributed by atoms with Crippen LogP contribution < -0.4 is 13.8 Å². The summed E-state index contributed by atoms with van der Waals surface area (Å²) < 4.78 is 38.6. The number of amides is 1. The van der Waals surface area contributed by atoms with E-state index in [0.717, 1.165) is 9.87 Å². The van der Waals surface area contributed by atoms with Gasteiger partial charge in [-0.3, -0.25) is 4.79 Å². The van der Waals surface area contributed by atoms with E-state index in [-0.39, 0.29) is 24.6 Å². The van der Waals surface area contributed by atoms with Gasteiger partial charge in [-0.25, -0.2) is 13.8 Å². The van der Waals surface area contributed by atoms with E-state index in [1.807, 2.05) is 35.1 Å². The molecule has 8 nitrogen and oxygen atoms in total. The first kappa shape index (κ1) is 22.4. The van der Waals surface area contributed by atoms with Crippen molar-refractivity contribution in [1.82, 2.24) is 4.72 Å². The predicted octanol–water partition coefficient (Wildman–Crippen LogP) is 2.80. The molecule has 0 radical (unpaired) electrons. The minimum absolute atomic E-state index is 0.197. The lowest BCUT2D eigenvalue weighted by Crippen LogP contribution is -2.29. The van der Waals surface area contributed by atoms with E-state index in [0.29, 0.717) is 5.56 Å². The Bertz CT molecular complexity index is 1100. The third-order valence-corrected chi connectivity index (χ3v) is 5.52. The lowest BCUT2D eigenvalue weighted by atomic mass is 10.1. The molecular weight excluding hydrogens is 420 g/mol. The SMILES string of the molecule is CC(C)(C)OC(=O)/C=C/c1ccc(N2CC(=O)NS2(=O)=O)c(OCc2ccccc2)c1. The van der Waals surface area contributed by atoms with Crippen LogP contribution in [0.2, 0.25) is 0 Å². The molecule has 164 valence electrons. The highest BCUT2D eigenvalue weighted by atomic mass is 32.2. The van der Waals surface area contributed by atoms with Crippen LogP contribution >= 0.6 is 0 Å². The van der Waals surface area contributed by atoms with Crippen molar-refractivity contribution in [3.8, 4) is 5.75 Å². The van der Waals surface area contributed by atoms with Crippen molar-refractivity contribution in [1.29, 1.82) is 0 Å². The number of hydrogen-bond acceptors (Lipinski definition) is 6. The standard InChI is InChI=1S/C22H24N2O6S/c1-22(2,3)30-21(26)12-10-16-9-11-18(24-14-20(25)23-31(24,27)28)19(13-16)29-15-17-7-5-4-6-8-17/h4-13H,14-15H2,1-3H3,(H,23,25)/b12-10+. The molecule has 0 bridgehead atoms. The van der Waals surface area contributed by atoms with Gasteiger partial charge in [-0.1, -0.05) is 36.4 Å². The fraction of sp³-hybridized carbons (Fsp3) is 0.273. The van der Waals surface area contributed by atoms with Gasteiger partial charge < -0.3 is 9.47 Å². The molecular formula is C22H24N2O6S. The molecule has 0 saturated carbocycles. The lowest BCUT2D eigenvalue weighted by Gasteiger charge is -2.20. The minimum atomic E-state index is -3.99. The van der Waals surface area contributed by atoms with Gasteiger partial charge in [0.05, 0.1) is 5.69 Å². The Labute approximate surface area is 181 Å². The van der Waals surface area contributed by atoms with Crippen LogP contribution in [-0.4, -0.2) is 32.4 Å². The first-order chi connectivity index (χ1) is 14.5. The van der Waals surface area contributed by atoms with E-state index in [9.17, 15) is 18.0 Å². The number of benzene rings is 2. The van der Waals surface area contributed by atoms with Gasteiger partial charge in [0.15, 0.2) is 0 Å². The largest absolute Gasteiger partial charge is 0.487 e. The molecule has 1 amide bonds. The van der Waals surface area contributed by atoms with Crippen molar-refractivity contribution in [2.24, 2.45) is 0 Å². The zero-order chi connectivity index (χ0) is 22.6. The molecule has 0 spiro atoms. The van der Waals surface area contributed by atoms with Crippen molar-refractivity contribution < 1.29 is 27.5 Å². The maximum atomic E-state index is 12.3. The fourth-order valence-electron chi connectivity index (χ4n) is 2.85. The number of anilines is 1. The molecule has 1 aliphatic rings. The van der Waals surface area contributed by atoms with Gasteiger partial charge in [0.25, 0.3) is 5.91 Å². The number of carbonyl (C=O) groups excluding carboxylic acids is 2. The third-order valence-electron chi connectivity index (χ3n) is 4.13. The lowest BCUT2D eigenvalue weighted by molar-refractivity contribution is -0.148. The molecule has 0 aromatic heterocycles. The van der Waals surface area contributed by atoms with E-state index >= 15 is 0 Å². The van der Waals surface area contributed by atoms with Crippen LogP contribution in [0.15, 0.2) is 54.6 Å². The highest BCUT2D eigenvalue weighted by molar-refractivity contribution is 7.92. The van der Waals surface area contributed by atoms with Crippen molar-refractivity contribution in [2.45, 2.75) is 33.0 Å². The van der Waals surface area contributed by atoms with Crippen LogP contribution in [-0.2, 0) is 31.1 Å². The summed E-state index contributed by atoms with van der Waals surface area (Å²) in [5.41, 5.74) is 1.11. The zero-order valence-corrected chi connectivity index (χ0v) is 18.3. The van der Waals surface area contributed by atoms with Crippen molar-refractivity contribution >= 4 is 33.8 Å². The van der Waals surface area contributed by atoms with Crippen molar-refractivity contribution in [2.75, 3.05) is 10.8 Å². The molecule has 1 fully saturated rings. The summed E-state index contributed by atoms with van der Waals surface area (Å²) in [6.07, 6.45) is 2.84. The second kappa shape index (κ2) is 8.81. The molecule has 2 aromatic rings. The van der Waals surface area contributed by atoms with Crippen LogP contribution in [0.3, 0.4) is 0 Å². The Morgan fingerprint density at radius 1 is 1.16 bits per heavy atom. The average molecular weight is 445 g/mol. The van der Waals surface area contributed by atoms with Crippen LogP contribution in [0.1, 0.15) is 31.9 Å². The van der Waals surface area contributed by atoms with E-state index < -0.39 is 27.7 Å². The van der Waals surface area contributed by atoms with Crippen LogP contribution in [0.5, 0.6) is 5.75 Å². The highest BCUT2D eigenvalue weighted by Crippen LogP contribution is 2.33. The Balaban J connectivity index is 1.90. The molecule has 1 aliphatic heterocycles. The van der Waals surface area contributed by atoms with Gasteiger partial charge >= 0.3 is 16.2 Å². The first-order valence-corrected chi connectivity index (χ1v) is 11.0. The zero-order valence-electron chi connectivity index (χ0n) is 17.5. The minimum Gasteiger partial charge on any atom is -0.487 e. The summed E-state index contributed by atoms with van der Waals surface area (Å²) in [7, 11) is -3.99. The first-order valence-electron chi connectivity index (χ1n) is 9.59. The van der Waals surface area contributed by atoms with E-state index in [1.54, 1.807) is 39.0 Å². The normalized spacial score (nSPS) is 15.7. The van der Waals surface area contributed by atoms with Gasteiger partial charge in [-0.05, 0) is 50.1 Å². The Morgan fingerprint density at radius 3 is 2.48 bits per heavy atom. The van der Waals surface area contributed by atoms with Crippen molar-refractivity contribution in [3.05, 3.63) is 65.7 Å². The number of nitrogens with zero attached hydrogens (tertiary/aromatic N) is 1. The Hall–Kier alpha value is -3.33. The summed E-state index contributed by atoms with van der Waals surface area (Å²) in [6, 6.07) is 14.1. The molecule has 1 saturated heterocycles. The van der Waals surface area contributed by atoms with E-state index in [1.165, 1.54) is 12.1 Å². The molecule has 3 rings (SSSR count). The average Bonchev–Trinajstić information content (AvgIpc) is 2.96. The van der Waals surface area contributed by atoms with Gasteiger partial charge in [-0.15, -0.1) is 0 Å². The molecule has 2 aromatic carbocycles. The monoisotopic (exact) mass is 444 g/mol. The number of rotatable bonds is 6. The van der Waals surface area contributed by atoms with Gasteiger partial charge in [0, 0.05) is 6.08 Å². The summed E-state index contributed by atoms with van der Waals surface area (Å²) >= 11 is 0. The molecule has 1 heterocycles. The Kier molecular flexibility index (Phi) is 6.35. The second-order valence-corrected chi connectivity index (χ2v) is 9.50. The molecule has 0 atom stereocenters. The number of hydrogen-bond donors (Lipinski definition) is 1. The van der Waals surface area contributed by atoms with Crippen molar-refractivity contribution in [3.63, 3.8) is 0 Å². The van der Waals surface area contributed by atoms with Crippen LogP contribution in [0, 0.1) is 0 Å². The summed E-state index contributed by atoms with van der Waals surface area (Å²) in [6.45, 7) is 5.18. The van der Waals surface area contributed by atoms with E-state index in [2.05, 4.69) is 0 Å². The molecule has 31 heavy (non-hydrogen) atoms. The quantitative estimate of drug-likeness (QED) is 0.543. The second-order valence-electron chi connectivity index (χ2n) is 7.91. The van der Waals surface area contributed by atoms with Crippen LogP contribution in [0.4, 0.5) is 5.69 Å². The topological polar surface area (TPSA) is 102 Å². The van der Waals surface area contributed by atoms with E-state index in [4.69, 9.17) is 9.47 Å². The van der Waals surface area contributed by atoms with Gasteiger partial charge in [0.2, 0.25) is 0 Å². The maximum absolute atomic E-state index is 12.3. The van der Waals surface area contributed by atoms with Crippen LogP contribution in [0.25, 0.3) is 6.08 Å². The van der Waals surface area contributed by atoms with Gasteiger partial charge in [-0.2, -0.15) is 8.42 Å². The molecule has 1 N–H and O–H groups in total. The number of ether oxygens (including phenoxy) is 2. The highest BCUT2D eigenvalue weighted by Gasteiger charge is 2.35. The summed E-state index contributed by atoms with van der Waals surface area (Å²) in [5.74, 6) is -0.863. The third kappa shape index (κ3) is 6.08.